The standard InChI is InChI=1S/C18H36N2O5Si/c1-12(2)15(19-13(3)21)16(22)20-14(17(23)24-7)10-11-25-26(8,9)18(4,5)6/h12,14-15H,10-11H2,1-9H3,(H,19,21)(H,20,22)/t14-,15-/m1/s1. The number of nitrogens with one attached hydrogen (secondary N) is 2. The van der Waals surface area contributed by atoms with Gasteiger partial charge in [-0.2, -0.15) is 0 Å². The van der Waals surface area contributed by atoms with Gasteiger partial charge in [-0.1, -0.05) is 34.6 Å². The molecule has 0 aliphatic carbocycles. The monoisotopic (exact) mass is 388 g/mol. The molecule has 0 saturated heterocycles. The van der Waals surface area contributed by atoms with E-state index in [2.05, 4.69) is 44.5 Å². The summed E-state index contributed by atoms with van der Waals surface area (Å²) in [5.41, 5.74) is 0. The molecule has 152 valence electrons. The molecule has 0 unspecified atom stereocenters. The Morgan fingerprint density at radius 2 is 1.62 bits per heavy atom. The second kappa shape index (κ2) is 10.1. The van der Waals surface area contributed by atoms with Gasteiger partial charge < -0.3 is 19.8 Å². The van der Waals surface area contributed by atoms with Crippen molar-refractivity contribution in [3.05, 3.63) is 0 Å². The van der Waals surface area contributed by atoms with Gasteiger partial charge in [0.15, 0.2) is 8.32 Å². The normalized spacial score (nSPS) is 14.5. The number of esters is 1. The Kier molecular flexibility index (Phi) is 9.51. The summed E-state index contributed by atoms with van der Waals surface area (Å²) in [5, 5.41) is 5.36. The van der Waals surface area contributed by atoms with Crippen LogP contribution in [0.2, 0.25) is 18.1 Å². The fourth-order valence-electron chi connectivity index (χ4n) is 2.06. The third kappa shape index (κ3) is 7.86. The molecule has 0 spiro atoms. The Morgan fingerprint density at radius 3 is 2.00 bits per heavy atom. The van der Waals surface area contributed by atoms with Gasteiger partial charge in [-0.25, -0.2) is 4.79 Å². The summed E-state index contributed by atoms with van der Waals surface area (Å²) in [6.45, 7) is 16.0. The minimum atomic E-state index is -1.94. The molecule has 0 radical (unpaired) electrons. The molecule has 8 heteroatoms. The topological polar surface area (TPSA) is 93.7 Å². The highest BCUT2D eigenvalue weighted by atomic mass is 28.4. The first-order valence-corrected chi connectivity index (χ1v) is 11.9. The highest BCUT2D eigenvalue weighted by molar-refractivity contribution is 6.74. The molecule has 2 N–H and O–H groups in total. The zero-order valence-electron chi connectivity index (χ0n) is 17.7. The second-order valence-electron chi connectivity index (χ2n) is 8.40. The van der Waals surface area contributed by atoms with E-state index in [-0.39, 0.29) is 16.9 Å². The summed E-state index contributed by atoms with van der Waals surface area (Å²) in [7, 11) is -0.658. The first-order valence-electron chi connectivity index (χ1n) is 9.02. The van der Waals surface area contributed by atoms with Gasteiger partial charge in [-0.15, -0.1) is 0 Å². The molecule has 26 heavy (non-hydrogen) atoms. The molecule has 0 fully saturated rings. The fourth-order valence-corrected chi connectivity index (χ4v) is 3.12. The van der Waals surface area contributed by atoms with Crippen molar-refractivity contribution in [2.24, 2.45) is 5.92 Å². The highest BCUT2D eigenvalue weighted by Gasteiger charge is 2.37. The van der Waals surface area contributed by atoms with Crippen molar-refractivity contribution >= 4 is 26.1 Å². The predicted octanol–water partition coefficient (Wildman–Crippen LogP) is 2.22. The number of carbonyl (C=O) groups is 3. The number of amides is 2. The Bertz CT molecular complexity index is 500. The van der Waals surface area contributed by atoms with E-state index in [1.807, 2.05) is 13.8 Å². The van der Waals surface area contributed by atoms with E-state index >= 15 is 0 Å². The van der Waals surface area contributed by atoms with Crippen LogP contribution in [0.25, 0.3) is 0 Å². The molecule has 0 aromatic carbocycles. The van der Waals surface area contributed by atoms with Crippen LogP contribution in [0.1, 0.15) is 48.0 Å². The van der Waals surface area contributed by atoms with E-state index in [1.165, 1.54) is 14.0 Å². The number of methoxy groups -OCH3 is 1. The van der Waals surface area contributed by atoms with Crippen LogP contribution in [-0.4, -0.2) is 51.9 Å². The number of carbonyl (C=O) groups excluding carboxylic acids is 3. The number of hydrogen-bond donors (Lipinski definition) is 2. The van der Waals surface area contributed by atoms with Crippen molar-refractivity contribution in [2.75, 3.05) is 13.7 Å². The first-order chi connectivity index (χ1) is 11.7. The van der Waals surface area contributed by atoms with E-state index in [1.54, 1.807) is 0 Å². The van der Waals surface area contributed by atoms with Crippen molar-refractivity contribution in [2.45, 2.75) is 78.2 Å². The van der Waals surface area contributed by atoms with Crippen LogP contribution in [-0.2, 0) is 23.5 Å². The maximum atomic E-state index is 12.5. The van der Waals surface area contributed by atoms with Gasteiger partial charge in [0.1, 0.15) is 12.1 Å². The Morgan fingerprint density at radius 1 is 1.08 bits per heavy atom. The molecule has 0 saturated carbocycles. The molecule has 0 aromatic heterocycles. The summed E-state index contributed by atoms with van der Waals surface area (Å²) in [4.78, 5) is 35.9. The summed E-state index contributed by atoms with van der Waals surface area (Å²) >= 11 is 0. The third-order valence-electron chi connectivity index (χ3n) is 4.79. The van der Waals surface area contributed by atoms with Crippen molar-refractivity contribution < 1.29 is 23.5 Å². The van der Waals surface area contributed by atoms with Crippen molar-refractivity contribution in [1.29, 1.82) is 0 Å². The second-order valence-corrected chi connectivity index (χ2v) is 13.2. The van der Waals surface area contributed by atoms with Gasteiger partial charge in [0.25, 0.3) is 0 Å². The van der Waals surface area contributed by atoms with Crippen LogP contribution < -0.4 is 10.6 Å². The Balaban J connectivity index is 4.98. The zero-order chi connectivity index (χ0) is 20.7. The predicted molar refractivity (Wildman–Crippen MR) is 104 cm³/mol. The molecule has 2 amide bonds. The highest BCUT2D eigenvalue weighted by Crippen LogP contribution is 2.36. The first kappa shape index (κ1) is 24.6. The van der Waals surface area contributed by atoms with Crippen LogP contribution in [0.3, 0.4) is 0 Å². The van der Waals surface area contributed by atoms with E-state index in [4.69, 9.17) is 9.16 Å². The molecule has 0 rings (SSSR count). The van der Waals surface area contributed by atoms with Gasteiger partial charge in [0.05, 0.1) is 7.11 Å². The summed E-state index contributed by atoms with van der Waals surface area (Å²) in [5.74, 6) is -1.34. The minimum absolute atomic E-state index is 0.0607. The lowest BCUT2D eigenvalue weighted by Gasteiger charge is -2.36. The van der Waals surface area contributed by atoms with E-state index in [0.717, 1.165) is 0 Å². The zero-order valence-corrected chi connectivity index (χ0v) is 18.7. The summed E-state index contributed by atoms with van der Waals surface area (Å²) in [6, 6.07) is -1.52. The summed E-state index contributed by atoms with van der Waals surface area (Å²) in [6.07, 6.45) is 0.315. The van der Waals surface area contributed by atoms with Crippen LogP contribution in [0.15, 0.2) is 0 Å². The largest absolute Gasteiger partial charge is 0.467 e. The average molecular weight is 389 g/mol. The van der Waals surface area contributed by atoms with Gasteiger partial charge in [-0.05, 0) is 24.1 Å². The smallest absolute Gasteiger partial charge is 0.328 e. The van der Waals surface area contributed by atoms with Gasteiger partial charge in [0.2, 0.25) is 11.8 Å². The lowest BCUT2D eigenvalue weighted by atomic mass is 10.0. The average Bonchev–Trinajstić information content (AvgIpc) is 2.48. The van der Waals surface area contributed by atoms with Gasteiger partial charge in [-0.3, -0.25) is 9.59 Å². The van der Waals surface area contributed by atoms with Crippen LogP contribution in [0.5, 0.6) is 0 Å². The number of ether oxygens (including phenoxy) is 1. The van der Waals surface area contributed by atoms with Crippen molar-refractivity contribution in [3.8, 4) is 0 Å². The van der Waals surface area contributed by atoms with Crippen molar-refractivity contribution in [1.82, 2.24) is 10.6 Å². The van der Waals surface area contributed by atoms with Crippen LogP contribution >= 0.6 is 0 Å². The summed E-state index contributed by atoms with van der Waals surface area (Å²) < 4.78 is 10.9. The quantitative estimate of drug-likeness (QED) is 0.467. The molecule has 0 aromatic rings. The maximum Gasteiger partial charge on any atom is 0.328 e. The molecule has 0 bridgehead atoms. The lowest BCUT2D eigenvalue weighted by molar-refractivity contribution is -0.146. The molecular formula is C18H36N2O5Si. The molecule has 0 heterocycles. The number of hydrogen-bond acceptors (Lipinski definition) is 5. The molecule has 2 atom stereocenters. The SMILES string of the molecule is COC(=O)[C@@H](CCO[Si](C)(C)C(C)(C)C)NC(=O)[C@H](NC(C)=O)C(C)C. The van der Waals surface area contributed by atoms with E-state index in [9.17, 15) is 14.4 Å². The molecule has 7 nitrogen and oxygen atoms in total. The third-order valence-corrected chi connectivity index (χ3v) is 9.32. The van der Waals surface area contributed by atoms with Crippen molar-refractivity contribution in [3.63, 3.8) is 0 Å². The lowest BCUT2D eigenvalue weighted by Crippen LogP contribution is -2.54. The van der Waals surface area contributed by atoms with E-state index in [0.29, 0.717) is 13.0 Å². The minimum Gasteiger partial charge on any atom is -0.467 e. The Labute approximate surface area is 158 Å². The number of rotatable bonds is 9. The molecule has 0 aliphatic rings. The molecular weight excluding hydrogens is 352 g/mol. The van der Waals surface area contributed by atoms with Gasteiger partial charge >= 0.3 is 5.97 Å². The van der Waals surface area contributed by atoms with Gasteiger partial charge in [0, 0.05) is 20.0 Å². The molecule has 0 aliphatic heterocycles. The Hall–Kier alpha value is -1.41. The maximum absolute atomic E-state index is 12.5. The fraction of sp³-hybridized carbons (Fsp3) is 0.833. The van der Waals surface area contributed by atoms with Crippen LogP contribution in [0, 0.1) is 5.92 Å². The van der Waals surface area contributed by atoms with Crippen LogP contribution in [0.4, 0.5) is 0 Å². The van der Waals surface area contributed by atoms with E-state index < -0.39 is 32.3 Å².